The number of aromatic carboxylic acids is 1. The number of fused-ring (bicyclic) bond motifs is 1. The van der Waals surface area contributed by atoms with Gasteiger partial charge in [0.25, 0.3) is 0 Å². The standard InChI is InChI=1S/C27H32F2N2O6/c1-5-18-21(25(34)35)24(33)16-13-17(28)22(29)15(23(16)31(18)14-9-10-14)7-6-8-19-20(32)11-12-30(19)26(36)37-27(2,3)4/h6-7,13-14,19-20,32H,5,8-12H2,1-4H3,(H,34,35)/t19-,20+/m1/s1. The molecule has 1 saturated carbocycles. The van der Waals surface area contributed by atoms with Gasteiger partial charge in [-0.15, -0.1) is 0 Å². The number of pyridine rings is 1. The fourth-order valence-electron chi connectivity index (χ4n) is 5.04. The second-order valence-electron chi connectivity index (χ2n) is 10.6. The van der Waals surface area contributed by atoms with Crippen LogP contribution in [0.2, 0.25) is 0 Å². The first-order valence-electron chi connectivity index (χ1n) is 12.5. The third-order valence-electron chi connectivity index (χ3n) is 6.78. The number of carboxylic acid groups (broad SMARTS) is 1. The molecule has 2 N–H and O–H groups in total. The summed E-state index contributed by atoms with van der Waals surface area (Å²) in [6.07, 6.45) is 3.67. The van der Waals surface area contributed by atoms with E-state index in [2.05, 4.69) is 0 Å². The lowest BCUT2D eigenvalue weighted by Crippen LogP contribution is -2.42. The number of carbonyl (C=O) groups excluding carboxylic acids is 1. The van der Waals surface area contributed by atoms with Gasteiger partial charge in [0, 0.05) is 23.8 Å². The van der Waals surface area contributed by atoms with E-state index < -0.39 is 52.4 Å². The Balaban J connectivity index is 1.79. The minimum absolute atomic E-state index is 0.118. The number of aromatic nitrogens is 1. The van der Waals surface area contributed by atoms with Crippen molar-refractivity contribution in [1.82, 2.24) is 9.47 Å². The molecule has 2 aromatic rings. The minimum atomic E-state index is -1.41. The third-order valence-corrected chi connectivity index (χ3v) is 6.78. The van der Waals surface area contributed by atoms with Crippen molar-refractivity contribution < 1.29 is 33.3 Å². The third kappa shape index (κ3) is 5.12. The van der Waals surface area contributed by atoms with E-state index >= 15 is 4.39 Å². The van der Waals surface area contributed by atoms with Crippen molar-refractivity contribution in [2.75, 3.05) is 6.54 Å². The highest BCUT2D eigenvalue weighted by Crippen LogP contribution is 2.40. The van der Waals surface area contributed by atoms with Gasteiger partial charge in [0.1, 0.15) is 11.2 Å². The molecule has 8 nitrogen and oxygen atoms in total. The van der Waals surface area contributed by atoms with Crippen LogP contribution < -0.4 is 5.43 Å². The summed E-state index contributed by atoms with van der Waals surface area (Å²) in [4.78, 5) is 39.1. The number of hydrogen-bond acceptors (Lipinski definition) is 5. The number of amides is 1. The van der Waals surface area contributed by atoms with E-state index in [1.54, 1.807) is 32.3 Å². The molecule has 4 rings (SSSR count). The fraction of sp³-hybridized carbons (Fsp3) is 0.519. The average Bonchev–Trinajstić information content (AvgIpc) is 3.57. The maximum absolute atomic E-state index is 15.2. The summed E-state index contributed by atoms with van der Waals surface area (Å²) in [5.41, 5.74) is -1.73. The van der Waals surface area contributed by atoms with Gasteiger partial charge in [-0.05, 0) is 58.9 Å². The quantitative estimate of drug-likeness (QED) is 0.576. The summed E-state index contributed by atoms with van der Waals surface area (Å²) in [7, 11) is 0. The summed E-state index contributed by atoms with van der Waals surface area (Å²) >= 11 is 0. The van der Waals surface area contributed by atoms with Crippen molar-refractivity contribution in [2.45, 2.75) is 83.6 Å². The summed E-state index contributed by atoms with van der Waals surface area (Å²) < 4.78 is 37.0. The Hall–Kier alpha value is -3.27. The van der Waals surface area contributed by atoms with E-state index in [-0.39, 0.29) is 41.0 Å². The van der Waals surface area contributed by atoms with Crippen LogP contribution >= 0.6 is 0 Å². The number of carboxylic acids is 1. The topological polar surface area (TPSA) is 109 Å². The number of nitrogens with zero attached hydrogens (tertiary/aromatic N) is 2. The van der Waals surface area contributed by atoms with Crippen molar-refractivity contribution in [1.29, 1.82) is 0 Å². The summed E-state index contributed by atoms with van der Waals surface area (Å²) in [6, 6.07) is 0.0250. The molecule has 37 heavy (non-hydrogen) atoms. The Morgan fingerprint density at radius 3 is 2.46 bits per heavy atom. The number of rotatable bonds is 6. The van der Waals surface area contributed by atoms with E-state index in [4.69, 9.17) is 4.74 Å². The van der Waals surface area contributed by atoms with Crippen LogP contribution in [0.1, 0.15) is 81.0 Å². The van der Waals surface area contributed by atoms with Crippen molar-refractivity contribution in [3.63, 3.8) is 0 Å². The predicted octanol–water partition coefficient (Wildman–Crippen LogP) is 4.65. The highest BCUT2D eigenvalue weighted by Gasteiger charge is 2.37. The predicted molar refractivity (Wildman–Crippen MR) is 134 cm³/mol. The Labute approximate surface area is 213 Å². The van der Waals surface area contributed by atoms with Crippen molar-refractivity contribution in [3.05, 3.63) is 50.8 Å². The molecule has 0 spiro atoms. The lowest BCUT2D eigenvalue weighted by atomic mass is 10.00. The molecule has 1 aromatic heterocycles. The van der Waals surface area contributed by atoms with Crippen LogP contribution in [0.3, 0.4) is 0 Å². The maximum atomic E-state index is 15.2. The Morgan fingerprint density at radius 1 is 1.22 bits per heavy atom. The van der Waals surface area contributed by atoms with Gasteiger partial charge in [-0.1, -0.05) is 19.1 Å². The van der Waals surface area contributed by atoms with Gasteiger partial charge in [0.05, 0.1) is 23.0 Å². The molecular formula is C27H32F2N2O6. The average molecular weight is 519 g/mol. The van der Waals surface area contributed by atoms with Crippen LogP contribution in [-0.4, -0.2) is 56.0 Å². The number of carbonyl (C=O) groups is 2. The number of ether oxygens (including phenoxy) is 1. The molecule has 0 radical (unpaired) electrons. The maximum Gasteiger partial charge on any atom is 0.410 e. The smallest absolute Gasteiger partial charge is 0.410 e. The molecule has 200 valence electrons. The van der Waals surface area contributed by atoms with Crippen molar-refractivity contribution in [2.24, 2.45) is 0 Å². The van der Waals surface area contributed by atoms with Crippen LogP contribution in [-0.2, 0) is 11.2 Å². The first-order valence-corrected chi connectivity index (χ1v) is 12.5. The first kappa shape index (κ1) is 26.8. The van der Waals surface area contributed by atoms with Crippen LogP contribution in [0.4, 0.5) is 13.6 Å². The van der Waals surface area contributed by atoms with Gasteiger partial charge in [-0.3, -0.25) is 4.79 Å². The number of aliphatic hydroxyl groups is 1. The van der Waals surface area contributed by atoms with Crippen LogP contribution in [0, 0.1) is 11.6 Å². The molecule has 0 unspecified atom stereocenters. The second kappa shape index (κ2) is 9.89. The highest BCUT2D eigenvalue weighted by atomic mass is 19.2. The molecule has 1 saturated heterocycles. The van der Waals surface area contributed by atoms with Crippen LogP contribution in [0.25, 0.3) is 17.0 Å². The second-order valence-corrected chi connectivity index (χ2v) is 10.6. The van der Waals surface area contributed by atoms with Gasteiger partial charge < -0.3 is 24.4 Å². The zero-order valence-electron chi connectivity index (χ0n) is 21.4. The number of aliphatic hydroxyl groups excluding tert-OH is 1. The number of likely N-dealkylation sites (tertiary alicyclic amines) is 1. The summed E-state index contributed by atoms with van der Waals surface area (Å²) in [5.74, 6) is -3.82. The van der Waals surface area contributed by atoms with Gasteiger partial charge in [0.15, 0.2) is 11.6 Å². The van der Waals surface area contributed by atoms with Gasteiger partial charge in [-0.2, -0.15) is 0 Å². The molecular weight excluding hydrogens is 486 g/mol. The van der Waals surface area contributed by atoms with Gasteiger partial charge in [0.2, 0.25) is 5.43 Å². The zero-order chi connectivity index (χ0) is 27.2. The zero-order valence-corrected chi connectivity index (χ0v) is 21.4. The minimum Gasteiger partial charge on any atom is -0.477 e. The van der Waals surface area contributed by atoms with Gasteiger partial charge in [-0.25, -0.2) is 18.4 Å². The molecule has 2 fully saturated rings. The van der Waals surface area contributed by atoms with Crippen LogP contribution in [0.5, 0.6) is 0 Å². The fourth-order valence-corrected chi connectivity index (χ4v) is 5.04. The molecule has 2 heterocycles. The number of benzene rings is 1. The Bertz CT molecular complexity index is 1340. The van der Waals surface area contributed by atoms with Crippen molar-refractivity contribution >= 4 is 29.0 Å². The molecule has 2 atom stereocenters. The largest absolute Gasteiger partial charge is 0.477 e. The SMILES string of the molecule is CCc1c(C(=O)O)c(=O)c2cc(F)c(F)c(C=CC[C@@H]3[C@@H](O)CCN3C(=O)OC(C)(C)C)c2n1C1CC1. The highest BCUT2D eigenvalue weighted by molar-refractivity contribution is 5.97. The monoisotopic (exact) mass is 518 g/mol. The molecule has 10 heteroatoms. The van der Waals surface area contributed by atoms with Gasteiger partial charge >= 0.3 is 12.1 Å². The lowest BCUT2D eigenvalue weighted by Gasteiger charge is -2.29. The van der Waals surface area contributed by atoms with E-state index in [1.807, 2.05) is 0 Å². The van der Waals surface area contributed by atoms with Crippen molar-refractivity contribution in [3.8, 4) is 0 Å². The molecule has 1 aromatic carbocycles. The number of halogens is 2. The first-order chi connectivity index (χ1) is 17.4. The van der Waals surface area contributed by atoms with Crippen LogP contribution in [0.15, 0.2) is 16.9 Å². The Kier molecular flexibility index (Phi) is 7.16. The van der Waals surface area contributed by atoms with E-state index in [0.29, 0.717) is 13.0 Å². The normalized spacial score (nSPS) is 20.2. The van der Waals surface area contributed by atoms with E-state index in [0.717, 1.165) is 18.9 Å². The summed E-state index contributed by atoms with van der Waals surface area (Å²) in [6.45, 7) is 7.23. The molecule has 1 aliphatic carbocycles. The number of hydrogen-bond donors (Lipinski definition) is 2. The summed E-state index contributed by atoms with van der Waals surface area (Å²) in [5, 5.41) is 20.0. The van der Waals surface area contributed by atoms with E-state index in [9.17, 15) is 29.0 Å². The lowest BCUT2D eigenvalue weighted by molar-refractivity contribution is 0.0159. The molecule has 1 aliphatic heterocycles. The van der Waals surface area contributed by atoms with E-state index in [1.165, 1.54) is 17.1 Å². The molecule has 0 bridgehead atoms. The Morgan fingerprint density at radius 2 is 1.89 bits per heavy atom. The molecule has 2 aliphatic rings. The molecule has 1 amide bonds.